The number of rotatable bonds is 3. The molecule has 1 aromatic carbocycles. The monoisotopic (exact) mass is 301 g/mol. The van der Waals surface area contributed by atoms with E-state index in [1.807, 2.05) is 30.3 Å². The predicted octanol–water partition coefficient (Wildman–Crippen LogP) is 0.165. The molecule has 1 atom stereocenters. The fourth-order valence-corrected chi connectivity index (χ4v) is 3.00. The maximum atomic E-state index is 12.3. The van der Waals surface area contributed by atoms with Crippen molar-refractivity contribution in [3.8, 4) is 0 Å². The Kier molecular flexibility index (Phi) is 3.96. The number of aliphatic hydroxyl groups excluding tert-OH is 1. The van der Waals surface area contributed by atoms with E-state index >= 15 is 0 Å². The molecule has 6 heteroatoms. The number of aromatic amines is 1. The normalized spacial score (nSPS) is 16.3. The van der Waals surface area contributed by atoms with Gasteiger partial charge in [0.1, 0.15) is 0 Å². The standard InChI is InChI=1S/C16H19N3O3/c1-18-15(21)12-9-19(8-7-13(12)17-16(18)22)14(10-20)11-5-3-2-4-6-11/h2-6,14,20H,7-10H2,1H3,(H,17,22). The Morgan fingerprint density at radius 1 is 1.27 bits per heavy atom. The number of hydrogen-bond acceptors (Lipinski definition) is 4. The molecular formula is C16H19N3O3. The summed E-state index contributed by atoms with van der Waals surface area (Å²) in [6.07, 6.45) is 0.601. The molecule has 1 unspecified atom stereocenters. The van der Waals surface area contributed by atoms with Crippen molar-refractivity contribution in [3.05, 3.63) is 68.0 Å². The number of hydrogen-bond donors (Lipinski definition) is 2. The number of aliphatic hydroxyl groups is 1. The van der Waals surface area contributed by atoms with Gasteiger partial charge in [0.2, 0.25) is 0 Å². The Bertz CT molecular complexity index is 779. The first kappa shape index (κ1) is 14.7. The molecular weight excluding hydrogens is 282 g/mol. The Balaban J connectivity index is 1.95. The zero-order valence-electron chi connectivity index (χ0n) is 12.5. The summed E-state index contributed by atoms with van der Waals surface area (Å²) < 4.78 is 1.10. The van der Waals surface area contributed by atoms with Crippen molar-refractivity contribution in [2.24, 2.45) is 7.05 Å². The molecule has 116 valence electrons. The van der Waals surface area contributed by atoms with Crippen LogP contribution in [-0.4, -0.2) is 32.7 Å². The number of nitrogens with zero attached hydrogens (tertiary/aromatic N) is 2. The summed E-state index contributed by atoms with van der Waals surface area (Å²) in [5.74, 6) is 0. The minimum atomic E-state index is -0.376. The highest BCUT2D eigenvalue weighted by atomic mass is 16.3. The molecule has 0 radical (unpaired) electrons. The minimum absolute atomic E-state index is 0.0109. The van der Waals surface area contributed by atoms with Crippen molar-refractivity contribution in [2.75, 3.05) is 13.2 Å². The SMILES string of the molecule is Cn1c(=O)[nH]c2c(c1=O)CN(C(CO)c1ccccc1)CC2. The van der Waals surface area contributed by atoms with Gasteiger partial charge < -0.3 is 10.1 Å². The molecule has 0 bridgehead atoms. The topological polar surface area (TPSA) is 78.3 Å². The van der Waals surface area contributed by atoms with Gasteiger partial charge in [-0.3, -0.25) is 14.3 Å². The second-order valence-corrected chi connectivity index (χ2v) is 5.58. The van der Waals surface area contributed by atoms with E-state index in [1.165, 1.54) is 7.05 Å². The van der Waals surface area contributed by atoms with Crippen LogP contribution in [0.2, 0.25) is 0 Å². The molecule has 2 N–H and O–H groups in total. The Morgan fingerprint density at radius 2 is 2.00 bits per heavy atom. The predicted molar refractivity (Wildman–Crippen MR) is 82.7 cm³/mol. The van der Waals surface area contributed by atoms with E-state index in [2.05, 4.69) is 9.88 Å². The number of fused-ring (bicyclic) bond motifs is 1. The van der Waals surface area contributed by atoms with Crippen LogP contribution in [0.1, 0.15) is 22.9 Å². The third-order valence-corrected chi connectivity index (χ3v) is 4.30. The van der Waals surface area contributed by atoms with Crippen molar-refractivity contribution in [3.63, 3.8) is 0 Å². The second kappa shape index (κ2) is 5.90. The van der Waals surface area contributed by atoms with E-state index in [4.69, 9.17) is 0 Å². The molecule has 22 heavy (non-hydrogen) atoms. The van der Waals surface area contributed by atoms with Crippen LogP contribution in [0.5, 0.6) is 0 Å². The molecule has 2 heterocycles. The highest BCUT2D eigenvalue weighted by molar-refractivity contribution is 5.23. The molecule has 3 rings (SSSR count). The molecule has 2 aromatic rings. The van der Waals surface area contributed by atoms with Crippen molar-refractivity contribution >= 4 is 0 Å². The van der Waals surface area contributed by atoms with Crippen LogP contribution in [0.4, 0.5) is 0 Å². The average molecular weight is 301 g/mol. The van der Waals surface area contributed by atoms with Crippen LogP contribution < -0.4 is 11.2 Å². The largest absolute Gasteiger partial charge is 0.394 e. The number of aromatic nitrogens is 2. The molecule has 0 saturated carbocycles. The van der Waals surface area contributed by atoms with Crippen LogP contribution in [0.15, 0.2) is 39.9 Å². The van der Waals surface area contributed by atoms with Gasteiger partial charge in [-0.05, 0) is 5.56 Å². The molecule has 1 aliphatic heterocycles. The van der Waals surface area contributed by atoms with E-state index in [1.54, 1.807) is 0 Å². The molecule has 0 aliphatic carbocycles. The van der Waals surface area contributed by atoms with Crippen molar-refractivity contribution < 1.29 is 5.11 Å². The zero-order chi connectivity index (χ0) is 15.7. The van der Waals surface area contributed by atoms with Crippen molar-refractivity contribution in [1.82, 2.24) is 14.5 Å². The van der Waals surface area contributed by atoms with Gasteiger partial charge in [-0.1, -0.05) is 30.3 Å². The first-order valence-corrected chi connectivity index (χ1v) is 7.32. The molecule has 0 saturated heterocycles. The Morgan fingerprint density at radius 3 is 2.68 bits per heavy atom. The maximum absolute atomic E-state index is 12.3. The van der Waals surface area contributed by atoms with Crippen LogP contribution in [-0.2, 0) is 20.0 Å². The van der Waals surface area contributed by atoms with Gasteiger partial charge >= 0.3 is 5.69 Å². The lowest BCUT2D eigenvalue weighted by Gasteiger charge is -2.34. The van der Waals surface area contributed by atoms with Crippen molar-refractivity contribution in [2.45, 2.75) is 19.0 Å². The summed E-state index contributed by atoms with van der Waals surface area (Å²) in [6, 6.07) is 9.61. The van der Waals surface area contributed by atoms with E-state index in [9.17, 15) is 14.7 Å². The molecule has 6 nitrogen and oxygen atoms in total. The zero-order valence-corrected chi connectivity index (χ0v) is 12.5. The fraction of sp³-hybridized carbons (Fsp3) is 0.375. The number of nitrogens with one attached hydrogen (secondary N) is 1. The summed E-state index contributed by atoms with van der Waals surface area (Å²) >= 11 is 0. The molecule has 0 fully saturated rings. The van der Waals surface area contributed by atoms with Crippen LogP contribution >= 0.6 is 0 Å². The summed E-state index contributed by atoms with van der Waals surface area (Å²) in [5, 5.41) is 9.76. The molecule has 0 spiro atoms. The van der Waals surface area contributed by atoms with Gasteiger partial charge in [0.25, 0.3) is 5.56 Å². The van der Waals surface area contributed by atoms with Crippen LogP contribution in [0, 0.1) is 0 Å². The lowest BCUT2D eigenvalue weighted by molar-refractivity contribution is 0.110. The van der Waals surface area contributed by atoms with Crippen LogP contribution in [0.3, 0.4) is 0 Å². The Hall–Kier alpha value is -2.18. The van der Waals surface area contributed by atoms with Gasteiger partial charge in [-0.15, -0.1) is 0 Å². The lowest BCUT2D eigenvalue weighted by atomic mass is 10.0. The summed E-state index contributed by atoms with van der Waals surface area (Å²) in [7, 11) is 1.47. The number of benzene rings is 1. The summed E-state index contributed by atoms with van der Waals surface area (Å²) in [4.78, 5) is 28.8. The van der Waals surface area contributed by atoms with E-state index in [-0.39, 0.29) is 23.9 Å². The third kappa shape index (κ3) is 2.51. The average Bonchev–Trinajstić information content (AvgIpc) is 2.55. The lowest BCUT2D eigenvalue weighted by Crippen LogP contribution is -2.44. The Labute approximate surface area is 127 Å². The minimum Gasteiger partial charge on any atom is -0.394 e. The smallest absolute Gasteiger partial charge is 0.328 e. The second-order valence-electron chi connectivity index (χ2n) is 5.58. The number of H-pyrrole nitrogens is 1. The quantitative estimate of drug-likeness (QED) is 0.847. The first-order chi connectivity index (χ1) is 10.6. The highest BCUT2D eigenvalue weighted by Crippen LogP contribution is 2.25. The van der Waals surface area contributed by atoms with Gasteiger partial charge in [0.15, 0.2) is 0 Å². The molecule has 1 aromatic heterocycles. The van der Waals surface area contributed by atoms with E-state index < -0.39 is 0 Å². The van der Waals surface area contributed by atoms with Crippen molar-refractivity contribution in [1.29, 1.82) is 0 Å². The summed E-state index contributed by atoms with van der Waals surface area (Å²) in [5.41, 5.74) is 1.72. The summed E-state index contributed by atoms with van der Waals surface area (Å²) in [6.45, 7) is 1.11. The van der Waals surface area contributed by atoms with Gasteiger partial charge in [-0.25, -0.2) is 4.79 Å². The molecule has 1 aliphatic rings. The first-order valence-electron chi connectivity index (χ1n) is 7.32. The van der Waals surface area contributed by atoms with E-state index in [0.29, 0.717) is 30.8 Å². The van der Waals surface area contributed by atoms with Gasteiger partial charge in [-0.2, -0.15) is 0 Å². The highest BCUT2D eigenvalue weighted by Gasteiger charge is 2.27. The molecule has 0 amide bonds. The van der Waals surface area contributed by atoms with Gasteiger partial charge in [0.05, 0.1) is 18.2 Å². The third-order valence-electron chi connectivity index (χ3n) is 4.30. The fourth-order valence-electron chi connectivity index (χ4n) is 3.00. The van der Waals surface area contributed by atoms with E-state index in [0.717, 1.165) is 10.1 Å². The van der Waals surface area contributed by atoms with Gasteiger partial charge in [0, 0.05) is 32.3 Å². The van der Waals surface area contributed by atoms with Crippen LogP contribution in [0.25, 0.3) is 0 Å². The maximum Gasteiger partial charge on any atom is 0.328 e.